The van der Waals surface area contributed by atoms with E-state index >= 15 is 0 Å². The number of hydrogen-bond donors (Lipinski definition) is 2. The van der Waals surface area contributed by atoms with Crippen molar-refractivity contribution >= 4 is 22.9 Å². The van der Waals surface area contributed by atoms with Crippen LogP contribution < -0.4 is 11.1 Å². The van der Waals surface area contributed by atoms with Crippen molar-refractivity contribution in [1.82, 2.24) is 4.98 Å². The van der Waals surface area contributed by atoms with Crippen LogP contribution in [0, 0.1) is 12.7 Å². The van der Waals surface area contributed by atoms with Crippen LogP contribution in [0.1, 0.15) is 17.2 Å². The average Bonchev–Trinajstić information content (AvgIpc) is 2.73. The molecule has 0 aliphatic heterocycles. The second-order valence-electron chi connectivity index (χ2n) is 3.77. The largest absolute Gasteiger partial charge is 0.444 e. The van der Waals surface area contributed by atoms with Gasteiger partial charge in [-0.15, -0.1) is 0 Å². The van der Waals surface area contributed by atoms with Crippen LogP contribution in [0.3, 0.4) is 0 Å². The van der Waals surface area contributed by atoms with Gasteiger partial charge in [0, 0.05) is 11.3 Å². The van der Waals surface area contributed by atoms with Gasteiger partial charge in [0.15, 0.2) is 0 Å². The van der Waals surface area contributed by atoms with E-state index in [2.05, 4.69) is 10.3 Å². The van der Waals surface area contributed by atoms with Crippen molar-refractivity contribution in [3.63, 3.8) is 0 Å². The van der Waals surface area contributed by atoms with E-state index in [1.165, 1.54) is 12.1 Å². The molecule has 0 saturated heterocycles. The van der Waals surface area contributed by atoms with Gasteiger partial charge in [0.25, 0.3) is 0 Å². The molecule has 18 heavy (non-hydrogen) atoms. The zero-order valence-electron chi connectivity index (χ0n) is 9.74. The first-order valence-corrected chi connectivity index (χ1v) is 5.71. The average molecular weight is 265 g/mol. The summed E-state index contributed by atoms with van der Waals surface area (Å²) in [6.07, 6.45) is 1.64. The van der Waals surface area contributed by atoms with Crippen molar-refractivity contribution in [3.8, 4) is 0 Å². The van der Waals surface area contributed by atoms with Gasteiger partial charge in [0.1, 0.15) is 16.6 Å². The molecule has 0 fully saturated rings. The Hall–Kier alpha value is -1.95. The molecule has 94 valence electrons. The minimum Gasteiger partial charge on any atom is -0.444 e. The van der Waals surface area contributed by atoms with Crippen LogP contribution in [0.2, 0.25) is 0 Å². The first-order chi connectivity index (χ1) is 8.56. The first-order valence-electron chi connectivity index (χ1n) is 5.31. The predicted octanol–water partition coefficient (Wildman–Crippen LogP) is 2.37. The standard InChI is InChI=1S/C12H12FN3OS/c1-7-5-16-11(17-7)6-15-10-3-2-8(13)4-9(10)12(14)18/h2-5,15H,6H2,1H3,(H2,14,18). The second kappa shape index (κ2) is 5.14. The van der Waals surface area contributed by atoms with Crippen LogP contribution in [-0.2, 0) is 6.54 Å². The summed E-state index contributed by atoms with van der Waals surface area (Å²) in [5.74, 6) is 0.904. The Morgan fingerprint density at radius 3 is 2.94 bits per heavy atom. The van der Waals surface area contributed by atoms with Crippen LogP contribution in [0.15, 0.2) is 28.8 Å². The SMILES string of the molecule is Cc1cnc(CNc2ccc(F)cc2C(N)=S)o1. The van der Waals surface area contributed by atoms with Crippen molar-refractivity contribution in [3.05, 3.63) is 47.4 Å². The van der Waals surface area contributed by atoms with Crippen LogP contribution in [0.5, 0.6) is 0 Å². The van der Waals surface area contributed by atoms with Gasteiger partial charge < -0.3 is 15.5 Å². The number of nitrogens with zero attached hydrogens (tertiary/aromatic N) is 1. The van der Waals surface area contributed by atoms with Crippen molar-refractivity contribution < 1.29 is 8.81 Å². The Bertz CT molecular complexity index is 582. The molecule has 0 saturated carbocycles. The van der Waals surface area contributed by atoms with Gasteiger partial charge in [-0.05, 0) is 25.1 Å². The molecule has 3 N–H and O–H groups in total. The number of aromatic nitrogens is 1. The first kappa shape index (κ1) is 12.5. The molecule has 2 aromatic rings. The van der Waals surface area contributed by atoms with Crippen molar-refractivity contribution in [2.45, 2.75) is 13.5 Å². The maximum absolute atomic E-state index is 13.1. The Kier molecular flexibility index (Phi) is 3.57. The summed E-state index contributed by atoms with van der Waals surface area (Å²) in [7, 11) is 0. The topological polar surface area (TPSA) is 64.1 Å². The maximum atomic E-state index is 13.1. The fraction of sp³-hybridized carbons (Fsp3) is 0.167. The molecular formula is C12H12FN3OS. The minimum atomic E-state index is -0.379. The molecule has 0 atom stereocenters. The van der Waals surface area contributed by atoms with Crippen LogP contribution >= 0.6 is 12.2 Å². The van der Waals surface area contributed by atoms with E-state index in [4.69, 9.17) is 22.4 Å². The number of thiocarbonyl (C=S) groups is 1. The van der Waals surface area contributed by atoms with Gasteiger partial charge in [-0.2, -0.15) is 0 Å². The van der Waals surface area contributed by atoms with Gasteiger partial charge >= 0.3 is 0 Å². The van der Waals surface area contributed by atoms with Gasteiger partial charge in [-0.1, -0.05) is 12.2 Å². The molecular weight excluding hydrogens is 253 g/mol. The summed E-state index contributed by atoms with van der Waals surface area (Å²) in [4.78, 5) is 4.20. The maximum Gasteiger partial charge on any atom is 0.213 e. The Morgan fingerprint density at radius 2 is 2.33 bits per heavy atom. The Labute approximate surface area is 109 Å². The number of benzene rings is 1. The highest BCUT2D eigenvalue weighted by Gasteiger charge is 2.08. The Balaban J connectivity index is 2.16. The molecule has 1 aromatic carbocycles. The van der Waals surface area contributed by atoms with E-state index in [1.807, 2.05) is 6.92 Å². The van der Waals surface area contributed by atoms with Gasteiger partial charge in [-0.25, -0.2) is 9.37 Å². The minimum absolute atomic E-state index is 0.139. The number of halogens is 1. The summed E-state index contributed by atoms with van der Waals surface area (Å²) in [6, 6.07) is 4.22. The van der Waals surface area contributed by atoms with Crippen LogP contribution in [-0.4, -0.2) is 9.97 Å². The quantitative estimate of drug-likeness (QED) is 0.831. The third kappa shape index (κ3) is 2.84. The van der Waals surface area contributed by atoms with Crippen LogP contribution in [0.4, 0.5) is 10.1 Å². The molecule has 0 bridgehead atoms. The molecule has 1 aromatic heterocycles. The van der Waals surface area contributed by atoms with E-state index in [9.17, 15) is 4.39 Å². The van der Waals surface area contributed by atoms with Gasteiger partial charge in [-0.3, -0.25) is 0 Å². The fourth-order valence-electron chi connectivity index (χ4n) is 1.53. The van der Waals surface area contributed by atoms with Gasteiger partial charge in [0.2, 0.25) is 5.89 Å². The lowest BCUT2D eigenvalue weighted by molar-refractivity contribution is 0.479. The number of hydrogen-bond acceptors (Lipinski definition) is 4. The number of nitrogens with two attached hydrogens (primary N) is 1. The number of oxazole rings is 1. The van der Waals surface area contributed by atoms with Crippen molar-refractivity contribution in [2.75, 3.05) is 5.32 Å². The van der Waals surface area contributed by atoms with E-state index in [0.717, 1.165) is 5.76 Å². The number of anilines is 1. The molecule has 0 amide bonds. The lowest BCUT2D eigenvalue weighted by Gasteiger charge is -2.09. The number of aryl methyl sites for hydroxylation is 1. The molecule has 1 heterocycles. The molecule has 0 unspecified atom stereocenters. The molecule has 0 spiro atoms. The molecule has 4 nitrogen and oxygen atoms in total. The monoisotopic (exact) mass is 265 g/mol. The smallest absolute Gasteiger partial charge is 0.213 e. The third-order valence-corrected chi connectivity index (χ3v) is 2.57. The normalized spacial score (nSPS) is 10.3. The zero-order chi connectivity index (χ0) is 13.1. The van der Waals surface area contributed by atoms with Crippen molar-refractivity contribution in [2.24, 2.45) is 5.73 Å². The lowest BCUT2D eigenvalue weighted by Crippen LogP contribution is -2.13. The summed E-state index contributed by atoms with van der Waals surface area (Å²) in [6.45, 7) is 2.20. The zero-order valence-corrected chi connectivity index (χ0v) is 10.6. The van der Waals surface area contributed by atoms with E-state index < -0.39 is 0 Å². The molecule has 0 radical (unpaired) electrons. The molecule has 6 heteroatoms. The predicted molar refractivity (Wildman–Crippen MR) is 70.9 cm³/mol. The van der Waals surface area contributed by atoms with E-state index in [1.54, 1.807) is 12.3 Å². The van der Waals surface area contributed by atoms with E-state index in [-0.39, 0.29) is 10.8 Å². The summed E-state index contributed by atoms with van der Waals surface area (Å²) < 4.78 is 18.4. The van der Waals surface area contributed by atoms with Crippen LogP contribution in [0.25, 0.3) is 0 Å². The Morgan fingerprint density at radius 1 is 1.56 bits per heavy atom. The molecule has 0 aliphatic carbocycles. The summed E-state index contributed by atoms with van der Waals surface area (Å²) >= 11 is 4.88. The van der Waals surface area contributed by atoms with Crippen molar-refractivity contribution in [1.29, 1.82) is 0 Å². The second-order valence-corrected chi connectivity index (χ2v) is 4.21. The number of rotatable bonds is 4. The highest BCUT2D eigenvalue weighted by molar-refractivity contribution is 7.80. The summed E-state index contributed by atoms with van der Waals surface area (Å²) in [5.41, 5.74) is 6.66. The highest BCUT2D eigenvalue weighted by atomic mass is 32.1. The van der Waals surface area contributed by atoms with E-state index in [0.29, 0.717) is 23.7 Å². The summed E-state index contributed by atoms with van der Waals surface area (Å²) in [5, 5.41) is 3.06. The fourth-order valence-corrected chi connectivity index (χ4v) is 1.70. The number of nitrogens with one attached hydrogen (secondary N) is 1. The lowest BCUT2D eigenvalue weighted by atomic mass is 10.1. The third-order valence-electron chi connectivity index (χ3n) is 2.35. The molecule has 0 aliphatic rings. The molecule has 2 rings (SSSR count). The highest BCUT2D eigenvalue weighted by Crippen LogP contribution is 2.18. The van der Waals surface area contributed by atoms with Gasteiger partial charge in [0.05, 0.1) is 12.7 Å².